The number of aromatic nitrogens is 1. The fourth-order valence-corrected chi connectivity index (χ4v) is 2.29. The van der Waals surface area contributed by atoms with E-state index in [1.165, 1.54) is 11.3 Å². The number of hydrogen-bond acceptors (Lipinski definition) is 4. The fourth-order valence-electron chi connectivity index (χ4n) is 1.07. The maximum absolute atomic E-state index is 11.5. The highest BCUT2D eigenvalue weighted by Crippen LogP contribution is 2.08. The summed E-state index contributed by atoms with van der Waals surface area (Å²) in [5.74, 6) is -0.114. The van der Waals surface area contributed by atoms with Crippen molar-refractivity contribution in [3.8, 4) is 0 Å². The fraction of sp³-hybridized carbons (Fsp3) is 0.111. The molecule has 2 heterocycles. The molecule has 2 aromatic heterocycles. The number of nitrogens with one attached hydrogen (secondary N) is 2. The normalized spacial score (nSPS) is 10.1. The van der Waals surface area contributed by atoms with Gasteiger partial charge in [-0.05, 0) is 11.4 Å². The van der Waals surface area contributed by atoms with Crippen LogP contribution in [0.5, 0.6) is 0 Å². The van der Waals surface area contributed by atoms with E-state index in [0.717, 1.165) is 17.0 Å². The molecule has 0 unspecified atom stereocenters. The Balaban J connectivity index is 1.94. The Hall–Kier alpha value is -1.40. The first-order valence-electron chi connectivity index (χ1n) is 4.24. The van der Waals surface area contributed by atoms with Gasteiger partial charge in [0.2, 0.25) is 0 Å². The van der Waals surface area contributed by atoms with Crippen LogP contribution in [0.4, 0.5) is 0 Å². The minimum atomic E-state index is -0.114. The van der Waals surface area contributed by atoms with Gasteiger partial charge in [-0.25, -0.2) is 0 Å². The maximum Gasteiger partial charge on any atom is 0.304 e. The Kier molecular flexibility index (Phi) is 2.98. The zero-order chi connectivity index (χ0) is 10.7. The molecule has 0 saturated carbocycles. The molecule has 0 atom stereocenters. The maximum atomic E-state index is 11.5. The van der Waals surface area contributed by atoms with Gasteiger partial charge >= 0.3 is 4.87 Å². The lowest BCUT2D eigenvalue weighted by Gasteiger charge is -2.00. The third-order valence-electron chi connectivity index (χ3n) is 1.76. The van der Waals surface area contributed by atoms with Crippen molar-refractivity contribution < 1.29 is 4.79 Å². The monoisotopic (exact) mass is 240 g/mol. The molecule has 2 rings (SSSR count). The number of thiophene rings is 1. The second kappa shape index (κ2) is 4.41. The van der Waals surface area contributed by atoms with Gasteiger partial charge in [-0.3, -0.25) is 9.59 Å². The summed E-state index contributed by atoms with van der Waals surface area (Å²) in [6.07, 6.45) is 0. The highest BCUT2D eigenvalue weighted by Gasteiger charge is 2.05. The molecule has 0 saturated heterocycles. The molecule has 0 fully saturated rings. The average molecular weight is 240 g/mol. The second-order valence-corrected chi connectivity index (χ2v) is 4.62. The van der Waals surface area contributed by atoms with Crippen LogP contribution >= 0.6 is 22.7 Å². The summed E-state index contributed by atoms with van der Waals surface area (Å²) in [5, 5.41) is 6.28. The van der Waals surface area contributed by atoms with E-state index in [-0.39, 0.29) is 10.8 Å². The van der Waals surface area contributed by atoms with Crippen LogP contribution in [0.2, 0.25) is 0 Å². The molecule has 78 valence electrons. The van der Waals surface area contributed by atoms with E-state index in [1.807, 2.05) is 11.4 Å². The van der Waals surface area contributed by atoms with E-state index >= 15 is 0 Å². The second-order valence-electron chi connectivity index (χ2n) is 2.83. The molecule has 15 heavy (non-hydrogen) atoms. The highest BCUT2D eigenvalue weighted by atomic mass is 32.1. The molecule has 0 spiro atoms. The summed E-state index contributed by atoms with van der Waals surface area (Å²) in [6, 6.07) is 3.59. The minimum Gasteiger partial charge on any atom is -0.346 e. The van der Waals surface area contributed by atoms with E-state index < -0.39 is 0 Å². The summed E-state index contributed by atoms with van der Waals surface area (Å²) in [4.78, 5) is 25.5. The van der Waals surface area contributed by atoms with Crippen molar-refractivity contribution in [1.29, 1.82) is 0 Å². The van der Waals surface area contributed by atoms with Crippen LogP contribution in [0.1, 0.15) is 15.4 Å². The van der Waals surface area contributed by atoms with E-state index in [2.05, 4.69) is 10.3 Å². The van der Waals surface area contributed by atoms with E-state index in [4.69, 9.17) is 0 Å². The SMILES string of the molecule is O=C(NCc1csc(=O)[nH]1)c1cccs1. The Morgan fingerprint density at radius 1 is 1.47 bits per heavy atom. The number of rotatable bonds is 3. The van der Waals surface area contributed by atoms with Crippen LogP contribution in [-0.2, 0) is 6.54 Å². The molecular weight excluding hydrogens is 232 g/mol. The first kappa shape index (κ1) is 10.1. The van der Waals surface area contributed by atoms with Crippen molar-refractivity contribution >= 4 is 28.6 Å². The van der Waals surface area contributed by atoms with E-state index in [0.29, 0.717) is 11.4 Å². The van der Waals surface area contributed by atoms with Crippen molar-refractivity contribution in [2.45, 2.75) is 6.54 Å². The predicted octanol–water partition coefficient (Wildman–Crippen LogP) is 1.43. The number of hydrogen-bond donors (Lipinski definition) is 2. The molecule has 0 radical (unpaired) electrons. The van der Waals surface area contributed by atoms with Crippen molar-refractivity contribution in [1.82, 2.24) is 10.3 Å². The van der Waals surface area contributed by atoms with E-state index in [1.54, 1.807) is 11.4 Å². The number of thiazole rings is 1. The van der Waals surface area contributed by atoms with Crippen LogP contribution in [0.3, 0.4) is 0 Å². The Morgan fingerprint density at radius 3 is 2.93 bits per heavy atom. The number of amides is 1. The van der Waals surface area contributed by atoms with Crippen LogP contribution in [0.25, 0.3) is 0 Å². The number of carbonyl (C=O) groups is 1. The third-order valence-corrected chi connectivity index (χ3v) is 3.34. The largest absolute Gasteiger partial charge is 0.346 e. The molecule has 0 aliphatic carbocycles. The van der Waals surface area contributed by atoms with Gasteiger partial charge in [0.15, 0.2) is 0 Å². The van der Waals surface area contributed by atoms with Crippen LogP contribution in [-0.4, -0.2) is 10.9 Å². The molecular formula is C9H8N2O2S2. The minimum absolute atomic E-state index is 0.102. The van der Waals surface area contributed by atoms with Crippen LogP contribution in [0, 0.1) is 0 Å². The lowest BCUT2D eigenvalue weighted by Crippen LogP contribution is -2.22. The summed E-state index contributed by atoms with van der Waals surface area (Å²) in [5.41, 5.74) is 0.731. The van der Waals surface area contributed by atoms with Crippen molar-refractivity contribution in [2.24, 2.45) is 0 Å². The smallest absolute Gasteiger partial charge is 0.304 e. The Labute approximate surface area is 93.6 Å². The average Bonchev–Trinajstić information content (AvgIpc) is 2.84. The quantitative estimate of drug-likeness (QED) is 0.852. The summed E-state index contributed by atoms with van der Waals surface area (Å²) < 4.78 is 0. The lowest BCUT2D eigenvalue weighted by molar-refractivity contribution is 0.0954. The third kappa shape index (κ3) is 2.54. The van der Waals surface area contributed by atoms with Crippen molar-refractivity contribution in [3.05, 3.63) is 43.1 Å². The van der Waals surface area contributed by atoms with Gasteiger partial charge in [0.25, 0.3) is 5.91 Å². The van der Waals surface area contributed by atoms with Crippen LogP contribution in [0.15, 0.2) is 27.7 Å². The molecule has 0 aliphatic heterocycles. The molecule has 6 heteroatoms. The lowest BCUT2D eigenvalue weighted by atomic mass is 10.4. The molecule has 4 nitrogen and oxygen atoms in total. The first-order chi connectivity index (χ1) is 7.25. The van der Waals surface area contributed by atoms with Gasteiger partial charge in [0, 0.05) is 11.1 Å². The molecule has 1 amide bonds. The van der Waals surface area contributed by atoms with Gasteiger partial charge < -0.3 is 10.3 Å². The Morgan fingerprint density at radius 2 is 2.33 bits per heavy atom. The molecule has 0 aromatic carbocycles. The first-order valence-corrected chi connectivity index (χ1v) is 6.00. The van der Waals surface area contributed by atoms with Gasteiger partial charge in [-0.1, -0.05) is 17.4 Å². The summed E-state index contributed by atoms with van der Waals surface area (Å²) in [7, 11) is 0. The summed E-state index contributed by atoms with van der Waals surface area (Å²) >= 11 is 2.48. The zero-order valence-electron chi connectivity index (χ0n) is 7.65. The van der Waals surface area contributed by atoms with Gasteiger partial charge in [-0.2, -0.15) is 0 Å². The summed E-state index contributed by atoms with van der Waals surface area (Å²) in [6.45, 7) is 0.357. The zero-order valence-corrected chi connectivity index (χ0v) is 9.28. The van der Waals surface area contributed by atoms with Gasteiger partial charge in [0.05, 0.1) is 11.4 Å². The highest BCUT2D eigenvalue weighted by molar-refractivity contribution is 7.12. The molecule has 0 aliphatic rings. The van der Waals surface area contributed by atoms with E-state index in [9.17, 15) is 9.59 Å². The van der Waals surface area contributed by atoms with Gasteiger partial charge in [-0.15, -0.1) is 11.3 Å². The molecule has 0 bridgehead atoms. The molecule has 2 N–H and O–H groups in total. The van der Waals surface area contributed by atoms with Crippen molar-refractivity contribution in [2.75, 3.05) is 0 Å². The number of aromatic amines is 1. The molecule has 2 aromatic rings. The van der Waals surface area contributed by atoms with Crippen LogP contribution < -0.4 is 10.2 Å². The number of H-pyrrole nitrogens is 1. The van der Waals surface area contributed by atoms with Crippen molar-refractivity contribution in [3.63, 3.8) is 0 Å². The predicted molar refractivity (Wildman–Crippen MR) is 60.4 cm³/mol. The standard InChI is InChI=1S/C9H8N2O2S2/c12-8(7-2-1-3-14-7)10-4-6-5-15-9(13)11-6/h1-3,5H,4H2,(H,10,12)(H,11,13). The Bertz CT molecular complexity index is 498. The number of carbonyl (C=O) groups excluding carboxylic acids is 1. The topological polar surface area (TPSA) is 62.0 Å². The van der Waals surface area contributed by atoms with Gasteiger partial charge in [0.1, 0.15) is 0 Å².